The summed E-state index contributed by atoms with van der Waals surface area (Å²) in [6, 6.07) is 7.86. The van der Waals surface area contributed by atoms with Gasteiger partial charge >= 0.3 is 0 Å². The fourth-order valence-electron chi connectivity index (χ4n) is 4.97. The van der Waals surface area contributed by atoms with E-state index in [4.69, 9.17) is 4.74 Å². The number of hydrogen-bond donors (Lipinski definition) is 1. The quantitative estimate of drug-likeness (QED) is 0.680. The number of aromatic amines is 1. The number of tetrazole rings is 1. The molecule has 0 spiro atoms. The maximum Gasteiger partial charge on any atom is 0.253 e. The van der Waals surface area contributed by atoms with E-state index in [-0.39, 0.29) is 17.7 Å². The van der Waals surface area contributed by atoms with Gasteiger partial charge < -0.3 is 9.72 Å². The topological polar surface area (TPSA) is 88.9 Å². The van der Waals surface area contributed by atoms with Gasteiger partial charge in [0.15, 0.2) is 5.82 Å². The molecule has 2 aromatic heterocycles. The predicted molar refractivity (Wildman–Crippen MR) is 118 cm³/mol. The Hall–Kier alpha value is -2.58. The molecule has 0 saturated carbocycles. The second-order valence-corrected chi connectivity index (χ2v) is 8.80. The number of nitrogens with zero attached hydrogens (tertiary/aromatic N) is 5. The Labute approximate surface area is 181 Å². The summed E-state index contributed by atoms with van der Waals surface area (Å²) in [5.74, 6) is 0.731. The molecule has 2 aliphatic heterocycles. The van der Waals surface area contributed by atoms with Gasteiger partial charge in [0.25, 0.3) is 5.56 Å². The van der Waals surface area contributed by atoms with Gasteiger partial charge in [0.05, 0.1) is 18.2 Å². The van der Waals surface area contributed by atoms with Crippen molar-refractivity contribution in [3.05, 3.63) is 51.6 Å². The highest BCUT2D eigenvalue weighted by molar-refractivity contribution is 5.82. The van der Waals surface area contributed by atoms with Crippen LogP contribution in [0.3, 0.4) is 0 Å². The van der Waals surface area contributed by atoms with Crippen molar-refractivity contribution < 1.29 is 4.74 Å². The van der Waals surface area contributed by atoms with Crippen LogP contribution in [0.1, 0.15) is 61.5 Å². The number of hydrogen-bond acceptors (Lipinski definition) is 6. The number of pyridine rings is 1. The summed E-state index contributed by atoms with van der Waals surface area (Å²) in [5, 5.41) is 13.8. The van der Waals surface area contributed by atoms with Crippen molar-refractivity contribution in [2.75, 3.05) is 19.7 Å². The van der Waals surface area contributed by atoms with E-state index in [0.717, 1.165) is 67.7 Å². The number of aryl methyl sites for hydroxylation is 1. The molecular weight excluding hydrogens is 392 g/mol. The molecule has 2 atom stereocenters. The number of likely N-dealkylation sites (tertiary alicyclic amines) is 1. The van der Waals surface area contributed by atoms with Crippen LogP contribution in [0.5, 0.6) is 0 Å². The van der Waals surface area contributed by atoms with Crippen LogP contribution in [0, 0.1) is 6.92 Å². The molecule has 1 aromatic carbocycles. The van der Waals surface area contributed by atoms with Gasteiger partial charge in [-0.3, -0.25) is 9.69 Å². The number of ether oxygens (including phenoxy) is 1. The van der Waals surface area contributed by atoms with Crippen LogP contribution < -0.4 is 5.56 Å². The normalized spacial score (nSPS) is 21.4. The van der Waals surface area contributed by atoms with E-state index in [1.165, 1.54) is 12.8 Å². The SMILES string of the molecule is Cc1cccc2cc([C@@H](c3nnnn3C[C@@H]3CCCO3)N3CCCCCC3)c(=O)[nH]c12. The summed E-state index contributed by atoms with van der Waals surface area (Å²) in [4.78, 5) is 18.8. The molecule has 0 amide bonds. The second-order valence-electron chi connectivity index (χ2n) is 8.80. The average Bonchev–Trinajstić information content (AvgIpc) is 3.37. The summed E-state index contributed by atoms with van der Waals surface area (Å²) in [6.07, 6.45) is 6.90. The largest absolute Gasteiger partial charge is 0.376 e. The van der Waals surface area contributed by atoms with E-state index in [1.54, 1.807) is 0 Å². The smallest absolute Gasteiger partial charge is 0.253 e. The van der Waals surface area contributed by atoms with Crippen LogP contribution in [0.2, 0.25) is 0 Å². The molecule has 2 saturated heterocycles. The molecule has 3 aromatic rings. The average molecular weight is 423 g/mol. The van der Waals surface area contributed by atoms with Crippen molar-refractivity contribution in [2.45, 2.75) is 64.1 Å². The van der Waals surface area contributed by atoms with Gasteiger partial charge in [-0.25, -0.2) is 4.68 Å². The molecule has 4 heterocycles. The number of para-hydroxylation sites is 1. The lowest BCUT2D eigenvalue weighted by Crippen LogP contribution is -2.36. The lowest BCUT2D eigenvalue weighted by atomic mass is 10.0. The van der Waals surface area contributed by atoms with Gasteiger partial charge in [-0.1, -0.05) is 31.0 Å². The summed E-state index contributed by atoms with van der Waals surface area (Å²) in [6.45, 7) is 5.30. The molecule has 0 bridgehead atoms. The molecule has 1 N–H and O–H groups in total. The Kier molecular flexibility index (Phi) is 5.82. The molecule has 31 heavy (non-hydrogen) atoms. The van der Waals surface area contributed by atoms with Gasteiger partial charge in [0.2, 0.25) is 0 Å². The Balaban J connectivity index is 1.60. The number of fused-ring (bicyclic) bond motifs is 1. The summed E-state index contributed by atoms with van der Waals surface area (Å²) >= 11 is 0. The Bertz CT molecular complexity index is 1090. The Morgan fingerprint density at radius 1 is 1.19 bits per heavy atom. The Morgan fingerprint density at radius 3 is 2.81 bits per heavy atom. The molecule has 0 radical (unpaired) electrons. The van der Waals surface area contributed by atoms with E-state index in [9.17, 15) is 4.79 Å². The van der Waals surface area contributed by atoms with Crippen molar-refractivity contribution in [1.29, 1.82) is 0 Å². The van der Waals surface area contributed by atoms with E-state index in [2.05, 4.69) is 31.5 Å². The number of nitrogens with one attached hydrogen (secondary N) is 1. The summed E-state index contributed by atoms with van der Waals surface area (Å²) < 4.78 is 7.68. The van der Waals surface area contributed by atoms with Gasteiger partial charge in [0.1, 0.15) is 6.04 Å². The highest BCUT2D eigenvalue weighted by Gasteiger charge is 2.32. The van der Waals surface area contributed by atoms with Gasteiger partial charge in [0, 0.05) is 12.2 Å². The van der Waals surface area contributed by atoms with Gasteiger partial charge in [-0.2, -0.15) is 0 Å². The minimum Gasteiger partial charge on any atom is -0.376 e. The maximum absolute atomic E-state index is 13.3. The number of aromatic nitrogens is 5. The van der Waals surface area contributed by atoms with E-state index in [0.29, 0.717) is 12.1 Å². The lowest BCUT2D eigenvalue weighted by molar-refractivity contribution is 0.0909. The number of H-pyrrole nitrogens is 1. The molecule has 164 valence electrons. The Morgan fingerprint density at radius 2 is 2.03 bits per heavy atom. The van der Waals surface area contributed by atoms with Gasteiger partial charge in [-0.05, 0) is 73.1 Å². The third-order valence-electron chi connectivity index (χ3n) is 6.62. The maximum atomic E-state index is 13.3. The zero-order chi connectivity index (χ0) is 21.2. The first-order valence-corrected chi connectivity index (χ1v) is 11.4. The first-order chi connectivity index (χ1) is 15.2. The fraction of sp³-hybridized carbons (Fsp3) is 0.565. The fourth-order valence-corrected chi connectivity index (χ4v) is 4.97. The molecule has 0 unspecified atom stereocenters. The van der Waals surface area contributed by atoms with Crippen molar-refractivity contribution in [3.8, 4) is 0 Å². The monoisotopic (exact) mass is 422 g/mol. The van der Waals surface area contributed by atoms with Crippen LogP contribution in [-0.2, 0) is 11.3 Å². The van der Waals surface area contributed by atoms with Crippen molar-refractivity contribution in [3.63, 3.8) is 0 Å². The zero-order valence-corrected chi connectivity index (χ0v) is 18.1. The summed E-state index contributed by atoms with van der Waals surface area (Å²) in [5.41, 5.74) is 2.60. The predicted octanol–water partition coefficient (Wildman–Crippen LogP) is 2.97. The lowest BCUT2D eigenvalue weighted by Gasteiger charge is -2.30. The van der Waals surface area contributed by atoms with E-state index in [1.807, 2.05) is 29.8 Å². The molecule has 5 rings (SSSR count). The van der Waals surface area contributed by atoms with E-state index < -0.39 is 0 Å². The summed E-state index contributed by atoms with van der Waals surface area (Å²) in [7, 11) is 0. The van der Waals surface area contributed by atoms with E-state index >= 15 is 0 Å². The minimum atomic E-state index is -0.275. The van der Waals surface area contributed by atoms with Crippen LogP contribution in [0.15, 0.2) is 29.1 Å². The minimum absolute atomic E-state index is 0.0669. The molecule has 2 aliphatic rings. The van der Waals surface area contributed by atoms with Gasteiger partial charge in [-0.15, -0.1) is 5.10 Å². The van der Waals surface area contributed by atoms with Crippen LogP contribution >= 0.6 is 0 Å². The number of benzene rings is 1. The molecule has 2 fully saturated rings. The molecule has 0 aliphatic carbocycles. The first kappa shape index (κ1) is 20.3. The third-order valence-corrected chi connectivity index (χ3v) is 6.62. The third kappa shape index (κ3) is 4.14. The van der Waals surface area contributed by atoms with Crippen LogP contribution in [0.4, 0.5) is 0 Å². The number of rotatable bonds is 5. The van der Waals surface area contributed by atoms with Crippen LogP contribution in [0.25, 0.3) is 10.9 Å². The zero-order valence-electron chi connectivity index (χ0n) is 18.1. The highest BCUT2D eigenvalue weighted by atomic mass is 16.5. The molecular formula is C23H30N6O2. The van der Waals surface area contributed by atoms with Crippen LogP contribution in [-0.4, -0.2) is 55.9 Å². The first-order valence-electron chi connectivity index (χ1n) is 11.4. The van der Waals surface area contributed by atoms with Crippen molar-refractivity contribution >= 4 is 10.9 Å². The molecule has 8 heteroatoms. The second kappa shape index (κ2) is 8.88. The van der Waals surface area contributed by atoms with Crippen molar-refractivity contribution in [2.24, 2.45) is 0 Å². The van der Waals surface area contributed by atoms with Crippen molar-refractivity contribution in [1.82, 2.24) is 30.1 Å². The molecule has 8 nitrogen and oxygen atoms in total. The highest BCUT2D eigenvalue weighted by Crippen LogP contribution is 2.30. The standard InChI is InChI=1S/C23H30N6O2/c1-16-8-6-9-17-14-19(23(30)24-20(16)17)21(28-11-4-2-3-5-12-28)22-25-26-27-29(22)15-18-10-7-13-31-18/h6,8-9,14,18,21H,2-5,7,10-13,15H2,1H3,(H,24,30)/t18-,21-/m0/s1.